The summed E-state index contributed by atoms with van der Waals surface area (Å²) in [5.41, 5.74) is 1.28. The first-order chi connectivity index (χ1) is 20.0. The molecule has 228 valence electrons. The van der Waals surface area contributed by atoms with Gasteiger partial charge in [-0.3, -0.25) is 14.4 Å². The third-order valence-electron chi connectivity index (χ3n) is 5.96. The number of ether oxygens (including phenoxy) is 2. The van der Waals surface area contributed by atoms with E-state index in [0.717, 1.165) is 5.56 Å². The van der Waals surface area contributed by atoms with Gasteiger partial charge < -0.3 is 41.0 Å². The van der Waals surface area contributed by atoms with Crippen molar-refractivity contribution in [2.24, 2.45) is 5.92 Å². The van der Waals surface area contributed by atoms with Crippen molar-refractivity contribution in [2.75, 3.05) is 20.3 Å². The number of alkyl carbamates (subject to hydrolysis) is 1. The van der Waals surface area contributed by atoms with Crippen LogP contribution in [0.5, 0.6) is 5.75 Å². The molecule has 0 aliphatic carbocycles. The summed E-state index contributed by atoms with van der Waals surface area (Å²) in [5, 5.41) is 29.0. The van der Waals surface area contributed by atoms with Crippen LogP contribution in [0, 0.1) is 5.92 Å². The first-order valence-corrected chi connectivity index (χ1v) is 13.3. The van der Waals surface area contributed by atoms with Crippen LogP contribution in [0.4, 0.5) is 4.79 Å². The molecule has 0 aliphatic rings. The summed E-state index contributed by atoms with van der Waals surface area (Å²) >= 11 is 0. The minimum absolute atomic E-state index is 0.000533. The number of esters is 1. The van der Waals surface area contributed by atoms with E-state index in [0.29, 0.717) is 12.0 Å². The van der Waals surface area contributed by atoms with Crippen molar-refractivity contribution in [1.29, 1.82) is 0 Å². The van der Waals surface area contributed by atoms with Crippen LogP contribution in [-0.2, 0) is 41.7 Å². The van der Waals surface area contributed by atoms with Crippen molar-refractivity contribution in [2.45, 2.75) is 51.4 Å². The number of phenols is 1. The maximum atomic E-state index is 13.1. The largest absolute Gasteiger partial charge is 0.508 e. The van der Waals surface area contributed by atoms with Gasteiger partial charge in [-0.2, -0.15) is 0 Å². The van der Waals surface area contributed by atoms with Gasteiger partial charge in [0.2, 0.25) is 17.7 Å². The zero-order valence-electron chi connectivity index (χ0n) is 23.8. The third-order valence-corrected chi connectivity index (χ3v) is 5.96. The molecule has 2 aromatic rings. The van der Waals surface area contributed by atoms with Gasteiger partial charge in [0, 0.05) is 6.42 Å². The predicted octanol–water partition coefficient (Wildman–Crippen LogP) is 0.527. The summed E-state index contributed by atoms with van der Waals surface area (Å²) in [7, 11) is 1.21. The minimum Gasteiger partial charge on any atom is -0.508 e. The number of aliphatic hydroxyl groups is 1. The Balaban J connectivity index is 2.05. The lowest BCUT2D eigenvalue weighted by atomic mass is 10.0. The first kappa shape index (κ1) is 33.6. The van der Waals surface area contributed by atoms with Gasteiger partial charge in [0.25, 0.3) is 0 Å². The highest BCUT2D eigenvalue weighted by Crippen LogP contribution is 2.12. The number of phenolic OH excluding ortho intramolecular Hbond substituents is 1. The second kappa shape index (κ2) is 17.2. The van der Waals surface area contributed by atoms with Crippen LogP contribution in [0.3, 0.4) is 0 Å². The molecule has 0 bridgehead atoms. The lowest BCUT2D eigenvalue weighted by Crippen LogP contribution is -2.56. The van der Waals surface area contributed by atoms with E-state index in [9.17, 15) is 34.2 Å². The van der Waals surface area contributed by atoms with E-state index in [1.54, 1.807) is 42.5 Å². The maximum absolute atomic E-state index is 13.1. The van der Waals surface area contributed by atoms with Crippen LogP contribution in [0.1, 0.15) is 31.4 Å². The molecule has 2 rings (SSSR count). The molecule has 0 fully saturated rings. The molecule has 42 heavy (non-hydrogen) atoms. The van der Waals surface area contributed by atoms with Crippen LogP contribution in [-0.4, -0.2) is 78.4 Å². The van der Waals surface area contributed by atoms with Crippen molar-refractivity contribution < 1.29 is 43.7 Å². The van der Waals surface area contributed by atoms with Crippen molar-refractivity contribution >= 4 is 29.8 Å². The Labute approximate surface area is 244 Å². The first-order valence-electron chi connectivity index (χ1n) is 13.3. The third kappa shape index (κ3) is 11.8. The molecule has 0 saturated carbocycles. The molecule has 0 aliphatic heterocycles. The second-order valence-corrected chi connectivity index (χ2v) is 9.86. The Kier molecular flexibility index (Phi) is 13.8. The van der Waals surface area contributed by atoms with E-state index >= 15 is 0 Å². The standard InChI is InChI=1S/C29H38N4O9/c1-18(2)13-23(28(39)41-3)31-25(36)15-30-26(37)22(14-19-9-11-21(35)12-10-19)32-27(38)24(16-34)33-29(40)42-17-20-7-5-4-6-8-20/h4-12,18,22-24,34-35H,13-17H2,1-3H3,(H,30,37)(H,31,36)(H,32,38)(H,33,40)/t22-,23-,24-/m0/s1. The lowest BCUT2D eigenvalue weighted by molar-refractivity contribution is -0.145. The average molecular weight is 587 g/mol. The van der Waals surface area contributed by atoms with Crippen molar-refractivity contribution in [1.82, 2.24) is 21.3 Å². The Morgan fingerprint density at radius 1 is 0.810 bits per heavy atom. The highest BCUT2D eigenvalue weighted by Gasteiger charge is 2.28. The second-order valence-electron chi connectivity index (χ2n) is 9.86. The molecule has 0 aromatic heterocycles. The van der Waals surface area contributed by atoms with E-state index in [-0.39, 0.29) is 24.7 Å². The number of rotatable bonds is 15. The van der Waals surface area contributed by atoms with E-state index in [1.165, 1.54) is 19.2 Å². The molecule has 0 unspecified atom stereocenters. The van der Waals surface area contributed by atoms with Gasteiger partial charge in [-0.15, -0.1) is 0 Å². The molecular formula is C29H38N4O9. The van der Waals surface area contributed by atoms with Gasteiger partial charge in [0.15, 0.2) is 0 Å². The number of methoxy groups -OCH3 is 1. The van der Waals surface area contributed by atoms with Gasteiger partial charge in [0.1, 0.15) is 30.5 Å². The number of aliphatic hydroxyl groups excluding tert-OH is 1. The van der Waals surface area contributed by atoms with Crippen LogP contribution in [0.15, 0.2) is 54.6 Å². The fourth-order valence-electron chi connectivity index (χ4n) is 3.81. The average Bonchev–Trinajstić information content (AvgIpc) is 2.97. The number of hydrogen-bond acceptors (Lipinski definition) is 9. The highest BCUT2D eigenvalue weighted by atomic mass is 16.5. The van der Waals surface area contributed by atoms with E-state index in [4.69, 9.17) is 9.47 Å². The molecule has 0 saturated heterocycles. The molecule has 6 N–H and O–H groups in total. The SMILES string of the molecule is COC(=O)[C@H](CC(C)C)NC(=O)CNC(=O)[C@H](Cc1ccc(O)cc1)NC(=O)[C@H](CO)NC(=O)OCc1ccccc1. The number of carbonyl (C=O) groups excluding carboxylic acids is 5. The molecule has 13 nitrogen and oxygen atoms in total. The van der Waals surface area contributed by atoms with E-state index < -0.39 is 61.1 Å². The molecular weight excluding hydrogens is 548 g/mol. The minimum atomic E-state index is -1.44. The molecule has 0 heterocycles. The highest BCUT2D eigenvalue weighted by molar-refractivity contribution is 5.93. The monoisotopic (exact) mass is 586 g/mol. The smallest absolute Gasteiger partial charge is 0.408 e. The van der Waals surface area contributed by atoms with Gasteiger partial charge in [-0.05, 0) is 35.6 Å². The zero-order chi connectivity index (χ0) is 31.1. The van der Waals surface area contributed by atoms with Gasteiger partial charge >= 0.3 is 12.1 Å². The lowest BCUT2D eigenvalue weighted by Gasteiger charge is -2.23. The Morgan fingerprint density at radius 2 is 1.48 bits per heavy atom. The molecule has 2 aromatic carbocycles. The summed E-state index contributed by atoms with van der Waals surface area (Å²) in [4.78, 5) is 62.8. The van der Waals surface area contributed by atoms with Crippen molar-refractivity contribution in [3.63, 3.8) is 0 Å². The number of carbonyl (C=O) groups is 5. The summed E-state index contributed by atoms with van der Waals surface area (Å²) in [6.45, 7) is 2.40. The summed E-state index contributed by atoms with van der Waals surface area (Å²) in [6.07, 6.45) is -0.672. The fourth-order valence-corrected chi connectivity index (χ4v) is 3.81. The van der Waals surface area contributed by atoms with E-state index in [1.807, 2.05) is 13.8 Å². The number of benzene rings is 2. The van der Waals surface area contributed by atoms with E-state index in [2.05, 4.69) is 21.3 Å². The van der Waals surface area contributed by atoms with Crippen LogP contribution < -0.4 is 21.3 Å². The molecule has 3 atom stereocenters. The predicted molar refractivity (Wildman–Crippen MR) is 151 cm³/mol. The Bertz CT molecular complexity index is 1190. The summed E-state index contributed by atoms with van der Waals surface area (Å²) in [5.74, 6) is -2.80. The number of nitrogens with one attached hydrogen (secondary N) is 4. The Morgan fingerprint density at radius 3 is 2.07 bits per heavy atom. The van der Waals surface area contributed by atoms with Gasteiger partial charge in [-0.1, -0.05) is 56.3 Å². The number of hydrogen-bond donors (Lipinski definition) is 6. The maximum Gasteiger partial charge on any atom is 0.408 e. The number of amides is 4. The van der Waals surface area contributed by atoms with Gasteiger partial charge in [-0.25, -0.2) is 9.59 Å². The molecule has 13 heteroatoms. The van der Waals surface area contributed by atoms with Gasteiger partial charge in [0.05, 0.1) is 20.3 Å². The van der Waals surface area contributed by atoms with Crippen molar-refractivity contribution in [3.05, 3.63) is 65.7 Å². The van der Waals surface area contributed by atoms with Crippen LogP contribution in [0.25, 0.3) is 0 Å². The molecule has 4 amide bonds. The summed E-state index contributed by atoms with van der Waals surface area (Å²) < 4.78 is 9.82. The molecule has 0 spiro atoms. The van der Waals surface area contributed by atoms with Crippen LogP contribution >= 0.6 is 0 Å². The topological polar surface area (TPSA) is 192 Å². The summed E-state index contributed by atoms with van der Waals surface area (Å²) in [6, 6.07) is 11.2. The molecule has 0 radical (unpaired) electrons. The Hall–Kier alpha value is -4.65. The van der Waals surface area contributed by atoms with Crippen molar-refractivity contribution in [3.8, 4) is 5.75 Å². The quantitative estimate of drug-likeness (QED) is 0.162. The normalized spacial score (nSPS) is 12.8. The fraction of sp³-hybridized carbons (Fsp3) is 0.414. The number of aromatic hydroxyl groups is 1. The zero-order valence-corrected chi connectivity index (χ0v) is 23.8. The van der Waals surface area contributed by atoms with Crippen LogP contribution in [0.2, 0.25) is 0 Å².